The van der Waals surface area contributed by atoms with Gasteiger partial charge >= 0.3 is 20.1 Å². The van der Waals surface area contributed by atoms with E-state index < -0.39 is 0 Å². The maximum Gasteiger partial charge on any atom is 3.00 e. The summed E-state index contributed by atoms with van der Waals surface area (Å²) in [5.41, 5.74) is 6.16. The fourth-order valence-corrected chi connectivity index (χ4v) is 3.18. The molecular weight excluding hydrogens is 569 g/mol. The fraction of sp³-hybridized carbons (Fsp3) is 0.182. The van der Waals surface area contributed by atoms with Crippen LogP contribution in [0, 0.1) is 26.2 Å². The van der Waals surface area contributed by atoms with E-state index >= 15 is 0 Å². The minimum Gasteiger partial charge on any atom is -0.377 e. The van der Waals surface area contributed by atoms with Crippen LogP contribution in [0.5, 0.6) is 0 Å². The molecule has 0 fully saturated rings. The number of rotatable bonds is 2. The first-order chi connectivity index (χ1) is 14.5. The fourth-order valence-electron chi connectivity index (χ4n) is 3.18. The Balaban J connectivity index is 0.000000194. The van der Waals surface area contributed by atoms with E-state index in [1.165, 1.54) is 16.7 Å². The first kappa shape index (κ1) is 22.4. The maximum absolute atomic E-state index is 4.58. The molecule has 3 aromatic heterocycles. The average Bonchev–Trinajstić information content (AvgIpc) is 3.50. The molecule has 4 aromatic rings. The molecular formula is C22H22IrN8+. The monoisotopic (exact) mass is 591 g/mol. The van der Waals surface area contributed by atoms with Gasteiger partial charge in [0, 0.05) is 38.9 Å². The second-order valence-electron chi connectivity index (χ2n) is 6.89. The third kappa shape index (κ3) is 4.90. The van der Waals surface area contributed by atoms with Crippen molar-refractivity contribution in [1.29, 1.82) is 0 Å². The number of hydrogen-bond acceptors (Lipinski definition) is 3. The van der Waals surface area contributed by atoms with Crippen molar-refractivity contribution in [3.63, 3.8) is 0 Å². The van der Waals surface area contributed by atoms with Crippen molar-refractivity contribution in [1.82, 2.24) is 33.8 Å². The molecule has 1 aromatic carbocycles. The molecule has 0 N–H and O–H groups in total. The minimum atomic E-state index is 0. The summed E-state index contributed by atoms with van der Waals surface area (Å²) >= 11 is 0. The Bertz CT molecular complexity index is 1260. The summed E-state index contributed by atoms with van der Waals surface area (Å²) in [6.45, 7) is 4.20. The largest absolute Gasteiger partial charge is 3.00 e. The van der Waals surface area contributed by atoms with Crippen LogP contribution in [-0.4, -0.2) is 29.8 Å². The van der Waals surface area contributed by atoms with Gasteiger partial charge < -0.3 is 13.9 Å². The maximum atomic E-state index is 4.58. The third-order valence-electron chi connectivity index (χ3n) is 4.63. The zero-order chi connectivity index (χ0) is 21.1. The van der Waals surface area contributed by atoms with Gasteiger partial charge in [0.25, 0.3) is 0 Å². The first-order valence-electron chi connectivity index (χ1n) is 9.46. The van der Waals surface area contributed by atoms with Crippen LogP contribution in [0.15, 0.2) is 66.4 Å². The normalized spacial score (nSPS) is 14.0. The van der Waals surface area contributed by atoms with Crippen LogP contribution in [0.25, 0.3) is 5.69 Å². The van der Waals surface area contributed by atoms with Gasteiger partial charge in [0.2, 0.25) is 0 Å². The molecule has 0 amide bonds. The quantitative estimate of drug-likeness (QED) is 0.263. The van der Waals surface area contributed by atoms with Crippen molar-refractivity contribution in [2.45, 2.75) is 13.8 Å². The van der Waals surface area contributed by atoms with Crippen LogP contribution in [0.1, 0.15) is 16.7 Å². The number of allylic oxidation sites excluding steroid dienone is 1. The Hall–Kier alpha value is -3.29. The molecule has 0 radical (unpaired) electrons. The minimum absolute atomic E-state index is 0. The van der Waals surface area contributed by atoms with Gasteiger partial charge in [-0.1, -0.05) is 47.4 Å². The Morgan fingerprint density at radius 3 is 2.39 bits per heavy atom. The van der Waals surface area contributed by atoms with E-state index in [2.05, 4.69) is 64.7 Å². The summed E-state index contributed by atoms with van der Waals surface area (Å²) in [6.07, 6.45) is 17.0. The van der Waals surface area contributed by atoms with Gasteiger partial charge in [0.05, 0.1) is 0 Å². The molecule has 0 unspecified atom stereocenters. The zero-order valence-electron chi connectivity index (χ0n) is 17.7. The molecule has 0 atom stereocenters. The van der Waals surface area contributed by atoms with Gasteiger partial charge in [-0.2, -0.15) is 5.10 Å². The molecule has 0 saturated heterocycles. The van der Waals surface area contributed by atoms with Crippen LogP contribution < -0.4 is 15.3 Å². The predicted octanol–water partition coefficient (Wildman–Crippen LogP) is 1.51. The molecule has 0 aliphatic carbocycles. The Morgan fingerprint density at radius 2 is 1.81 bits per heavy atom. The van der Waals surface area contributed by atoms with Crippen molar-refractivity contribution in [2.24, 2.45) is 19.2 Å². The van der Waals surface area contributed by atoms with Crippen LogP contribution in [0.3, 0.4) is 0 Å². The summed E-state index contributed by atoms with van der Waals surface area (Å²) in [5.74, 6) is 0. The number of nitrogens with zero attached hydrogens (tertiary/aromatic N) is 8. The molecule has 31 heavy (non-hydrogen) atoms. The molecule has 5 rings (SSSR count). The van der Waals surface area contributed by atoms with Crippen LogP contribution >= 0.6 is 0 Å². The van der Waals surface area contributed by atoms with E-state index in [9.17, 15) is 0 Å². The number of aryl methyl sites for hydroxylation is 4. The van der Waals surface area contributed by atoms with Crippen molar-refractivity contribution >= 4 is 5.71 Å². The van der Waals surface area contributed by atoms with E-state index in [1.54, 1.807) is 32.6 Å². The standard InChI is InChI=1S/C15H15N4.C7H7N4.Ir/c1-11-5-4-6-12(2)14(11)13-7-9-19(17-13)15-16-8-10-18(15)3;1-10-6-7(5-9-10)11-4-2-3-8-11;/h4-8,10H,1-3H3;2-5H,1H3;/q2*-1;+3. The average molecular weight is 591 g/mol. The van der Waals surface area contributed by atoms with Gasteiger partial charge in [0.1, 0.15) is 5.62 Å². The van der Waals surface area contributed by atoms with Gasteiger partial charge in [-0.3, -0.25) is 19.9 Å². The number of aromatic nitrogens is 6. The van der Waals surface area contributed by atoms with E-state index in [-0.39, 0.29) is 20.1 Å². The predicted molar refractivity (Wildman–Crippen MR) is 113 cm³/mol. The Labute approximate surface area is 194 Å². The van der Waals surface area contributed by atoms with Gasteiger partial charge in [0.15, 0.2) is 0 Å². The van der Waals surface area contributed by atoms with Crippen molar-refractivity contribution in [3.8, 4) is 5.69 Å². The number of hydrazone groups is 1. The second-order valence-corrected chi connectivity index (χ2v) is 6.89. The molecule has 0 saturated carbocycles. The molecule has 0 spiro atoms. The molecule has 8 nitrogen and oxygen atoms in total. The van der Waals surface area contributed by atoms with Crippen molar-refractivity contribution in [3.05, 3.63) is 96.0 Å². The summed E-state index contributed by atoms with van der Waals surface area (Å²) < 4.78 is 6.93. The molecule has 158 valence electrons. The Kier molecular flexibility index (Phi) is 6.99. The Morgan fingerprint density at radius 1 is 1.03 bits per heavy atom. The number of imidazole rings is 1. The topological polar surface area (TPSA) is 70.0 Å². The van der Waals surface area contributed by atoms with E-state index in [4.69, 9.17) is 0 Å². The third-order valence-corrected chi connectivity index (χ3v) is 4.63. The van der Waals surface area contributed by atoms with Crippen LogP contribution in [0.4, 0.5) is 0 Å². The molecule has 0 bridgehead atoms. The number of hydrogen-bond donors (Lipinski definition) is 0. The summed E-state index contributed by atoms with van der Waals surface area (Å²) in [7, 11) is 3.77. The SMILES string of the molecule is Cc1cccc(C)c1C1=N/[N+](=c2/[n-]ccn2C)[C-]=C1.Cn1[c-]c(-n2cccn2)cn1.[Ir+3]. The molecule has 4 heterocycles. The van der Waals surface area contributed by atoms with E-state index in [1.807, 2.05) is 43.2 Å². The smallest absolute Gasteiger partial charge is 0.377 e. The molecule has 1 aliphatic heterocycles. The van der Waals surface area contributed by atoms with Crippen LogP contribution in [0.2, 0.25) is 0 Å². The van der Waals surface area contributed by atoms with E-state index in [0.29, 0.717) is 0 Å². The van der Waals surface area contributed by atoms with Gasteiger partial charge in [-0.25, -0.2) is 0 Å². The molecule has 9 heteroatoms. The van der Waals surface area contributed by atoms with Crippen molar-refractivity contribution < 1.29 is 20.1 Å². The van der Waals surface area contributed by atoms with E-state index in [0.717, 1.165) is 17.0 Å². The molecule has 1 aliphatic rings. The van der Waals surface area contributed by atoms with Crippen LogP contribution in [-0.2, 0) is 34.2 Å². The number of benzene rings is 1. The first-order valence-corrected chi connectivity index (χ1v) is 9.46. The van der Waals surface area contributed by atoms with Gasteiger partial charge in [-0.15, -0.1) is 12.3 Å². The summed E-state index contributed by atoms with van der Waals surface area (Å²) in [6, 6.07) is 8.12. The second kappa shape index (κ2) is 9.68. The summed E-state index contributed by atoms with van der Waals surface area (Å²) in [4.78, 5) is 4.27. The zero-order valence-corrected chi connectivity index (χ0v) is 20.1. The summed E-state index contributed by atoms with van der Waals surface area (Å²) in [5, 5.41) is 12.6. The van der Waals surface area contributed by atoms with Crippen molar-refractivity contribution in [2.75, 3.05) is 0 Å². The van der Waals surface area contributed by atoms with Gasteiger partial charge in [-0.05, 0) is 31.2 Å².